The highest BCUT2D eigenvalue weighted by atomic mass is 32.2. The van der Waals surface area contributed by atoms with E-state index in [4.69, 9.17) is 4.74 Å². The number of ether oxygens (including phenoxy) is 1. The Kier molecular flexibility index (Phi) is 6.31. The highest BCUT2D eigenvalue weighted by Crippen LogP contribution is 2.28. The summed E-state index contributed by atoms with van der Waals surface area (Å²) >= 11 is 2.09. The average Bonchev–Trinajstić information content (AvgIpc) is 3.27. The van der Waals surface area contributed by atoms with Gasteiger partial charge in [0.1, 0.15) is 0 Å². The average molecular weight is 285 g/mol. The van der Waals surface area contributed by atoms with Crippen molar-refractivity contribution in [1.29, 1.82) is 0 Å². The van der Waals surface area contributed by atoms with Crippen molar-refractivity contribution < 1.29 is 4.74 Å². The first-order valence-electron chi connectivity index (χ1n) is 7.48. The molecule has 0 aromatic rings. The minimum atomic E-state index is 0.749. The van der Waals surface area contributed by atoms with Gasteiger partial charge in [-0.2, -0.15) is 11.8 Å². The van der Waals surface area contributed by atoms with Crippen LogP contribution in [0.4, 0.5) is 0 Å². The van der Waals surface area contributed by atoms with Crippen molar-refractivity contribution in [3.63, 3.8) is 0 Å². The monoisotopic (exact) mass is 285 g/mol. The van der Waals surface area contributed by atoms with Crippen molar-refractivity contribution in [3.05, 3.63) is 0 Å². The molecule has 19 heavy (non-hydrogen) atoms. The van der Waals surface area contributed by atoms with Crippen LogP contribution in [0.2, 0.25) is 0 Å². The third-order valence-corrected chi connectivity index (χ3v) is 5.06. The summed E-state index contributed by atoms with van der Waals surface area (Å²) in [6.07, 6.45) is 3.96. The lowest BCUT2D eigenvalue weighted by Gasteiger charge is -2.34. The van der Waals surface area contributed by atoms with Crippen LogP contribution in [-0.2, 0) is 4.74 Å². The first-order chi connectivity index (χ1) is 9.33. The fraction of sp³-hybridized carbons (Fsp3) is 0.929. The van der Waals surface area contributed by atoms with Gasteiger partial charge in [0.05, 0.1) is 6.61 Å². The molecule has 110 valence electrons. The number of guanidine groups is 1. The predicted molar refractivity (Wildman–Crippen MR) is 83.0 cm³/mol. The fourth-order valence-electron chi connectivity index (χ4n) is 2.26. The maximum Gasteiger partial charge on any atom is 0.193 e. The van der Waals surface area contributed by atoms with Gasteiger partial charge in [-0.05, 0) is 25.2 Å². The Morgan fingerprint density at radius 3 is 3.00 bits per heavy atom. The van der Waals surface area contributed by atoms with E-state index in [1.54, 1.807) is 0 Å². The van der Waals surface area contributed by atoms with Crippen molar-refractivity contribution >= 4 is 17.7 Å². The van der Waals surface area contributed by atoms with Crippen molar-refractivity contribution in [1.82, 2.24) is 10.2 Å². The number of rotatable bonds is 6. The lowest BCUT2D eigenvalue weighted by molar-refractivity contribution is 0.128. The van der Waals surface area contributed by atoms with Crippen LogP contribution in [0, 0.1) is 5.92 Å². The molecular formula is C14H27N3OS. The number of nitrogens with zero attached hydrogens (tertiary/aromatic N) is 2. The zero-order valence-corrected chi connectivity index (χ0v) is 13.0. The SMILES string of the molecule is CCC1CN(C(=NC)NCCOCC2CC2)CCS1. The Bertz CT molecular complexity index is 294. The Hall–Kier alpha value is -0.420. The van der Waals surface area contributed by atoms with Crippen LogP contribution in [0.1, 0.15) is 26.2 Å². The Morgan fingerprint density at radius 1 is 1.47 bits per heavy atom. The smallest absolute Gasteiger partial charge is 0.193 e. The van der Waals surface area contributed by atoms with Crippen molar-refractivity contribution in [2.45, 2.75) is 31.4 Å². The normalized spacial score (nSPS) is 24.6. The van der Waals surface area contributed by atoms with Gasteiger partial charge >= 0.3 is 0 Å². The molecule has 1 atom stereocenters. The summed E-state index contributed by atoms with van der Waals surface area (Å²) in [4.78, 5) is 6.77. The molecule has 0 amide bonds. The number of hydrogen-bond acceptors (Lipinski definition) is 3. The van der Waals surface area contributed by atoms with Gasteiger partial charge in [-0.1, -0.05) is 6.92 Å². The largest absolute Gasteiger partial charge is 0.379 e. The summed E-state index contributed by atoms with van der Waals surface area (Å²) in [6, 6.07) is 0. The molecule has 2 aliphatic rings. The van der Waals surface area contributed by atoms with Crippen LogP contribution in [0.3, 0.4) is 0 Å². The van der Waals surface area contributed by atoms with Gasteiger partial charge in [0.15, 0.2) is 5.96 Å². The zero-order chi connectivity index (χ0) is 13.5. The van der Waals surface area contributed by atoms with Gasteiger partial charge in [0.2, 0.25) is 0 Å². The number of thioether (sulfide) groups is 1. The second-order valence-corrected chi connectivity index (χ2v) is 6.75. The summed E-state index contributed by atoms with van der Waals surface area (Å²) in [5.41, 5.74) is 0. The molecule has 1 aliphatic heterocycles. The van der Waals surface area contributed by atoms with Crippen LogP contribution in [-0.4, -0.2) is 61.8 Å². The second kappa shape index (κ2) is 8.00. The van der Waals surface area contributed by atoms with E-state index < -0.39 is 0 Å². The fourth-order valence-corrected chi connectivity index (χ4v) is 3.44. The summed E-state index contributed by atoms with van der Waals surface area (Å²) < 4.78 is 5.64. The molecule has 2 rings (SSSR count). The van der Waals surface area contributed by atoms with Crippen LogP contribution in [0.25, 0.3) is 0 Å². The third kappa shape index (κ3) is 5.22. The molecule has 1 heterocycles. The third-order valence-electron chi connectivity index (χ3n) is 3.69. The van der Waals surface area contributed by atoms with Crippen LogP contribution in [0.15, 0.2) is 4.99 Å². The molecule has 0 bridgehead atoms. The molecule has 1 unspecified atom stereocenters. The number of nitrogens with one attached hydrogen (secondary N) is 1. The summed E-state index contributed by atoms with van der Waals surface area (Å²) in [7, 11) is 1.87. The van der Waals surface area contributed by atoms with Gasteiger partial charge in [-0.15, -0.1) is 0 Å². The molecule has 0 aromatic heterocycles. The van der Waals surface area contributed by atoms with Crippen molar-refractivity contribution in [3.8, 4) is 0 Å². The quantitative estimate of drug-likeness (QED) is 0.459. The minimum Gasteiger partial charge on any atom is -0.379 e. The van der Waals surface area contributed by atoms with E-state index in [2.05, 4.69) is 33.9 Å². The first-order valence-corrected chi connectivity index (χ1v) is 8.53. The van der Waals surface area contributed by atoms with E-state index >= 15 is 0 Å². The maximum atomic E-state index is 5.64. The Morgan fingerprint density at radius 2 is 2.32 bits per heavy atom. The van der Waals surface area contributed by atoms with E-state index in [1.165, 1.54) is 25.0 Å². The van der Waals surface area contributed by atoms with E-state index in [1.807, 2.05) is 7.05 Å². The number of hydrogen-bond donors (Lipinski definition) is 1. The topological polar surface area (TPSA) is 36.9 Å². The van der Waals surface area contributed by atoms with Gasteiger partial charge in [0, 0.05) is 44.3 Å². The highest BCUT2D eigenvalue weighted by Gasteiger charge is 2.22. The summed E-state index contributed by atoms with van der Waals surface area (Å²) in [6.45, 7) is 7.07. The molecule has 1 saturated heterocycles. The molecule has 4 nitrogen and oxygen atoms in total. The van der Waals surface area contributed by atoms with Crippen LogP contribution in [0.5, 0.6) is 0 Å². The lowest BCUT2D eigenvalue weighted by atomic mass is 10.3. The summed E-state index contributed by atoms with van der Waals surface area (Å²) in [5.74, 6) is 3.09. The highest BCUT2D eigenvalue weighted by molar-refractivity contribution is 8.00. The zero-order valence-electron chi connectivity index (χ0n) is 12.2. The molecule has 0 aromatic carbocycles. The van der Waals surface area contributed by atoms with E-state index in [0.717, 1.165) is 50.0 Å². The summed E-state index contributed by atoms with van der Waals surface area (Å²) in [5, 5.41) is 4.17. The van der Waals surface area contributed by atoms with Gasteiger partial charge in [-0.3, -0.25) is 4.99 Å². The maximum absolute atomic E-state index is 5.64. The molecule has 1 N–H and O–H groups in total. The van der Waals surface area contributed by atoms with Crippen LogP contribution < -0.4 is 5.32 Å². The standard InChI is InChI=1S/C14H27N3OS/c1-3-13-10-17(7-9-19-13)14(15-2)16-6-8-18-11-12-4-5-12/h12-13H,3-11H2,1-2H3,(H,15,16). The molecule has 0 radical (unpaired) electrons. The molecule has 1 aliphatic carbocycles. The minimum absolute atomic E-state index is 0.749. The molecule has 5 heteroatoms. The van der Waals surface area contributed by atoms with Gasteiger partial charge < -0.3 is 15.0 Å². The molecule has 2 fully saturated rings. The van der Waals surface area contributed by atoms with E-state index in [0.29, 0.717) is 0 Å². The van der Waals surface area contributed by atoms with Crippen molar-refractivity contribution in [2.24, 2.45) is 10.9 Å². The second-order valence-electron chi connectivity index (χ2n) is 5.34. The molecular weight excluding hydrogens is 258 g/mol. The molecule has 1 saturated carbocycles. The number of aliphatic imine (C=N–C) groups is 1. The van der Waals surface area contributed by atoms with E-state index in [-0.39, 0.29) is 0 Å². The van der Waals surface area contributed by atoms with E-state index in [9.17, 15) is 0 Å². The van der Waals surface area contributed by atoms with Gasteiger partial charge in [0.25, 0.3) is 0 Å². The predicted octanol–water partition coefficient (Wildman–Crippen LogP) is 1.82. The first kappa shape index (κ1) is 15.0. The molecule has 0 spiro atoms. The Labute approximate surface area is 121 Å². The van der Waals surface area contributed by atoms with Crippen LogP contribution >= 0.6 is 11.8 Å². The van der Waals surface area contributed by atoms with Gasteiger partial charge in [-0.25, -0.2) is 0 Å². The Balaban J connectivity index is 1.63. The van der Waals surface area contributed by atoms with Crippen molar-refractivity contribution in [2.75, 3.05) is 45.6 Å². The lowest BCUT2D eigenvalue weighted by Crippen LogP contribution is -2.48.